The van der Waals surface area contributed by atoms with Crippen molar-refractivity contribution in [1.29, 1.82) is 0 Å². The van der Waals surface area contributed by atoms with Crippen molar-refractivity contribution in [2.24, 2.45) is 11.7 Å². The largest absolute Gasteiger partial charge is 0.326 e. The zero-order valence-electron chi connectivity index (χ0n) is 7.65. The Kier molecular flexibility index (Phi) is 3.70. The van der Waals surface area contributed by atoms with Crippen LogP contribution in [0.4, 0.5) is 0 Å². The van der Waals surface area contributed by atoms with Crippen molar-refractivity contribution in [3.05, 3.63) is 0 Å². The highest BCUT2D eigenvalue weighted by Gasteiger charge is 2.24. The maximum absolute atomic E-state index is 10.6. The molecule has 0 aromatic carbocycles. The number of hydrogen-bond donors (Lipinski definition) is 2. The van der Waals surface area contributed by atoms with Gasteiger partial charge in [0.15, 0.2) is 0 Å². The lowest BCUT2D eigenvalue weighted by molar-refractivity contribution is 0.314. The van der Waals surface area contributed by atoms with Gasteiger partial charge in [-0.3, -0.25) is 4.55 Å². The Bertz CT molecular complexity index is 244. The molecule has 0 aromatic rings. The molecule has 0 bridgehead atoms. The molecule has 1 aliphatic rings. The monoisotopic (exact) mass is 207 g/mol. The Hall–Kier alpha value is -0.130. The van der Waals surface area contributed by atoms with Gasteiger partial charge in [0.25, 0.3) is 10.1 Å². The maximum Gasteiger partial charge on any atom is 0.266 e. The minimum atomic E-state index is -3.90. The van der Waals surface area contributed by atoms with Crippen LogP contribution in [0.1, 0.15) is 32.1 Å². The molecule has 0 aromatic heterocycles. The van der Waals surface area contributed by atoms with E-state index in [2.05, 4.69) is 0 Å². The molecule has 13 heavy (non-hydrogen) atoms. The molecule has 1 atom stereocenters. The van der Waals surface area contributed by atoms with Crippen molar-refractivity contribution in [2.75, 3.05) is 5.75 Å². The van der Waals surface area contributed by atoms with Crippen molar-refractivity contribution in [1.82, 2.24) is 0 Å². The first-order chi connectivity index (χ1) is 5.99. The first-order valence-electron chi connectivity index (χ1n) is 4.70. The topological polar surface area (TPSA) is 80.4 Å². The van der Waals surface area contributed by atoms with Gasteiger partial charge in [-0.1, -0.05) is 19.3 Å². The van der Waals surface area contributed by atoms with Crippen molar-refractivity contribution < 1.29 is 13.0 Å². The Labute approximate surface area is 79.3 Å². The second-order valence-corrected chi connectivity index (χ2v) is 5.31. The van der Waals surface area contributed by atoms with E-state index >= 15 is 0 Å². The lowest BCUT2D eigenvalue weighted by Crippen LogP contribution is -2.37. The van der Waals surface area contributed by atoms with Gasteiger partial charge in [-0.2, -0.15) is 8.42 Å². The summed E-state index contributed by atoms with van der Waals surface area (Å²) in [4.78, 5) is 0. The molecule has 0 saturated heterocycles. The standard InChI is InChI=1S/C8H17NO3S/c9-8(6-13(10,11)12)7-4-2-1-3-5-7/h7-8H,1-6,9H2,(H,10,11,12)/t8-/m1/s1. The van der Waals surface area contributed by atoms with E-state index in [9.17, 15) is 8.42 Å². The summed E-state index contributed by atoms with van der Waals surface area (Å²) in [7, 11) is -3.90. The van der Waals surface area contributed by atoms with Gasteiger partial charge in [0.05, 0.1) is 5.75 Å². The number of nitrogens with two attached hydrogens (primary N) is 1. The van der Waals surface area contributed by atoms with Gasteiger partial charge < -0.3 is 5.73 Å². The van der Waals surface area contributed by atoms with E-state index < -0.39 is 16.2 Å². The molecule has 4 nitrogen and oxygen atoms in total. The van der Waals surface area contributed by atoms with E-state index in [-0.39, 0.29) is 11.7 Å². The van der Waals surface area contributed by atoms with Crippen molar-refractivity contribution in [2.45, 2.75) is 38.1 Å². The average molecular weight is 207 g/mol. The van der Waals surface area contributed by atoms with Crippen molar-refractivity contribution in [3.63, 3.8) is 0 Å². The van der Waals surface area contributed by atoms with Crippen LogP contribution in [0.2, 0.25) is 0 Å². The second kappa shape index (κ2) is 4.39. The van der Waals surface area contributed by atoms with E-state index in [0.29, 0.717) is 0 Å². The summed E-state index contributed by atoms with van der Waals surface area (Å²) < 4.78 is 29.7. The predicted molar refractivity (Wildman–Crippen MR) is 51.0 cm³/mol. The van der Waals surface area contributed by atoms with E-state index in [0.717, 1.165) is 25.7 Å². The third-order valence-corrected chi connectivity index (χ3v) is 3.46. The van der Waals surface area contributed by atoms with Crippen LogP contribution >= 0.6 is 0 Å². The fourth-order valence-corrected chi connectivity index (χ4v) is 2.70. The van der Waals surface area contributed by atoms with Crippen LogP contribution in [0, 0.1) is 5.92 Å². The summed E-state index contributed by atoms with van der Waals surface area (Å²) in [5.74, 6) is -0.0202. The number of hydrogen-bond acceptors (Lipinski definition) is 3. The molecular formula is C8H17NO3S. The zero-order valence-corrected chi connectivity index (χ0v) is 8.46. The third-order valence-electron chi connectivity index (χ3n) is 2.66. The molecule has 0 radical (unpaired) electrons. The highest BCUT2D eigenvalue weighted by molar-refractivity contribution is 7.85. The number of rotatable bonds is 3. The van der Waals surface area contributed by atoms with Gasteiger partial charge in [-0.25, -0.2) is 0 Å². The molecule has 3 N–H and O–H groups in total. The SMILES string of the molecule is N[C@H](CS(=O)(=O)O)C1CCCCC1. The summed E-state index contributed by atoms with van der Waals surface area (Å²) in [6.45, 7) is 0. The van der Waals surface area contributed by atoms with Crippen LogP contribution < -0.4 is 5.73 Å². The van der Waals surface area contributed by atoms with Crippen LogP contribution in [0.15, 0.2) is 0 Å². The van der Waals surface area contributed by atoms with Crippen molar-refractivity contribution in [3.8, 4) is 0 Å². The summed E-state index contributed by atoms with van der Waals surface area (Å²) in [6.07, 6.45) is 5.47. The van der Waals surface area contributed by atoms with Gasteiger partial charge in [-0.15, -0.1) is 0 Å². The molecule has 1 fully saturated rings. The first-order valence-corrected chi connectivity index (χ1v) is 6.31. The lowest BCUT2D eigenvalue weighted by atomic mass is 9.85. The minimum Gasteiger partial charge on any atom is -0.326 e. The minimum absolute atomic E-state index is 0.274. The summed E-state index contributed by atoms with van der Waals surface area (Å²) in [5.41, 5.74) is 5.70. The second-order valence-electron chi connectivity index (χ2n) is 3.81. The molecule has 5 heteroatoms. The maximum atomic E-state index is 10.6. The van der Waals surface area contributed by atoms with E-state index in [1.54, 1.807) is 0 Å². The van der Waals surface area contributed by atoms with Gasteiger partial charge in [0, 0.05) is 6.04 Å². The Morgan fingerprint density at radius 3 is 2.31 bits per heavy atom. The molecular weight excluding hydrogens is 190 g/mol. The highest BCUT2D eigenvalue weighted by atomic mass is 32.2. The van der Waals surface area contributed by atoms with Crippen LogP contribution in [0.3, 0.4) is 0 Å². The highest BCUT2D eigenvalue weighted by Crippen LogP contribution is 2.25. The molecule has 1 aliphatic carbocycles. The Morgan fingerprint density at radius 1 is 1.31 bits per heavy atom. The summed E-state index contributed by atoms with van der Waals surface area (Å²) in [6, 6.07) is -0.393. The molecule has 0 spiro atoms. The predicted octanol–water partition coefficient (Wildman–Crippen LogP) is 0.782. The zero-order chi connectivity index (χ0) is 9.90. The normalized spacial score (nSPS) is 22.9. The Balaban J connectivity index is 2.42. The molecule has 0 amide bonds. The molecule has 1 rings (SSSR count). The Morgan fingerprint density at radius 2 is 1.85 bits per heavy atom. The average Bonchev–Trinajstić information content (AvgIpc) is 2.03. The summed E-state index contributed by atoms with van der Waals surface area (Å²) in [5, 5.41) is 0. The van der Waals surface area contributed by atoms with Crippen LogP contribution in [0.5, 0.6) is 0 Å². The quantitative estimate of drug-likeness (QED) is 0.670. The van der Waals surface area contributed by atoms with Gasteiger partial charge >= 0.3 is 0 Å². The lowest BCUT2D eigenvalue weighted by Gasteiger charge is -2.26. The molecule has 78 valence electrons. The van der Waals surface area contributed by atoms with E-state index in [4.69, 9.17) is 10.3 Å². The van der Waals surface area contributed by atoms with Crippen molar-refractivity contribution >= 4 is 10.1 Å². The molecule has 0 unspecified atom stereocenters. The molecule has 0 aliphatic heterocycles. The summed E-state index contributed by atoms with van der Waals surface area (Å²) >= 11 is 0. The van der Waals surface area contributed by atoms with Gasteiger partial charge in [0.2, 0.25) is 0 Å². The van der Waals surface area contributed by atoms with Gasteiger partial charge in [-0.05, 0) is 18.8 Å². The van der Waals surface area contributed by atoms with Crippen LogP contribution in [-0.4, -0.2) is 24.8 Å². The first kappa shape index (κ1) is 10.9. The van der Waals surface area contributed by atoms with E-state index in [1.807, 2.05) is 0 Å². The molecule has 1 saturated carbocycles. The van der Waals surface area contributed by atoms with Crippen LogP contribution in [-0.2, 0) is 10.1 Å². The van der Waals surface area contributed by atoms with E-state index in [1.165, 1.54) is 6.42 Å². The molecule has 0 heterocycles. The third kappa shape index (κ3) is 4.06. The van der Waals surface area contributed by atoms with Gasteiger partial charge in [0.1, 0.15) is 0 Å². The smallest absolute Gasteiger partial charge is 0.266 e. The van der Waals surface area contributed by atoms with Crippen LogP contribution in [0.25, 0.3) is 0 Å². The fraction of sp³-hybridized carbons (Fsp3) is 1.00. The fourth-order valence-electron chi connectivity index (χ4n) is 1.94.